The van der Waals surface area contributed by atoms with E-state index >= 15 is 0 Å². The van der Waals surface area contributed by atoms with Crippen LogP contribution in [0.25, 0.3) is 0 Å². The van der Waals surface area contributed by atoms with E-state index in [9.17, 15) is 13.2 Å². The number of rotatable bonds is 6. The van der Waals surface area contributed by atoms with Gasteiger partial charge in [0.25, 0.3) is 15.9 Å². The molecule has 7 nitrogen and oxygen atoms in total. The number of anilines is 2. The van der Waals surface area contributed by atoms with Crippen molar-refractivity contribution in [3.05, 3.63) is 83.9 Å². The van der Waals surface area contributed by atoms with E-state index in [4.69, 9.17) is 4.74 Å². The molecule has 1 aliphatic rings. The monoisotopic (exact) mass is 501 g/mol. The summed E-state index contributed by atoms with van der Waals surface area (Å²) in [5.74, 6) is 0.260. The van der Waals surface area contributed by atoms with Crippen LogP contribution in [0.5, 0.6) is 5.75 Å². The molecule has 0 saturated carbocycles. The molecule has 9 heteroatoms. The fraction of sp³-hybridized carbons (Fsp3) is 0.240. The average Bonchev–Trinajstić information content (AvgIpc) is 2.84. The topological polar surface area (TPSA) is 78.9 Å². The third-order valence-electron chi connectivity index (χ3n) is 5.79. The first-order valence-corrected chi connectivity index (χ1v) is 12.2. The molecule has 1 saturated heterocycles. The second kappa shape index (κ2) is 10.8. The number of hydrogen-bond donors (Lipinski definition) is 1. The van der Waals surface area contributed by atoms with Crippen molar-refractivity contribution in [2.45, 2.75) is 11.8 Å². The van der Waals surface area contributed by atoms with Gasteiger partial charge in [-0.2, -0.15) is 0 Å². The van der Waals surface area contributed by atoms with Crippen LogP contribution in [0.15, 0.2) is 77.7 Å². The van der Waals surface area contributed by atoms with E-state index in [1.165, 1.54) is 19.2 Å². The fourth-order valence-electron chi connectivity index (χ4n) is 3.91. The van der Waals surface area contributed by atoms with Crippen molar-refractivity contribution in [3.8, 4) is 5.75 Å². The summed E-state index contributed by atoms with van der Waals surface area (Å²) in [7, 11) is -2.42. The first kappa shape index (κ1) is 25.4. The predicted octanol–water partition coefficient (Wildman–Crippen LogP) is 4.19. The van der Waals surface area contributed by atoms with E-state index in [1.807, 2.05) is 25.1 Å². The number of carbonyl (C=O) groups excluding carboxylic acids is 1. The molecule has 1 amide bonds. The minimum atomic E-state index is -3.90. The van der Waals surface area contributed by atoms with Crippen molar-refractivity contribution >= 4 is 39.7 Å². The lowest BCUT2D eigenvalue weighted by Gasteiger charge is -2.36. The minimum Gasteiger partial charge on any atom is -0.495 e. The lowest BCUT2D eigenvalue weighted by atomic mass is 10.1. The summed E-state index contributed by atoms with van der Waals surface area (Å²) in [6.07, 6.45) is 0. The van der Waals surface area contributed by atoms with Gasteiger partial charge in [0.15, 0.2) is 0 Å². The van der Waals surface area contributed by atoms with Crippen LogP contribution in [0.1, 0.15) is 15.9 Å². The number of nitrogens with one attached hydrogen (secondary N) is 1. The van der Waals surface area contributed by atoms with Gasteiger partial charge in [0, 0.05) is 37.4 Å². The molecule has 1 heterocycles. The van der Waals surface area contributed by atoms with Gasteiger partial charge in [0.1, 0.15) is 5.75 Å². The standard InChI is InChI=1S/C25H27N3O4S.ClH/c1-19-12-13-21(33(30,31)26-23-10-6-7-11-24(23)32-2)18-22(19)25(29)28-16-14-27(15-17-28)20-8-4-3-5-9-20;/h3-13,18,26H,14-17H2,1-2H3;1H. The third-order valence-corrected chi connectivity index (χ3v) is 7.15. The van der Waals surface area contributed by atoms with Gasteiger partial charge in [-0.25, -0.2) is 8.42 Å². The van der Waals surface area contributed by atoms with Crippen LogP contribution in [0, 0.1) is 6.92 Å². The van der Waals surface area contributed by atoms with E-state index in [-0.39, 0.29) is 23.2 Å². The predicted molar refractivity (Wildman–Crippen MR) is 137 cm³/mol. The van der Waals surface area contributed by atoms with E-state index in [2.05, 4.69) is 21.8 Å². The molecule has 0 atom stereocenters. The highest BCUT2D eigenvalue weighted by atomic mass is 35.5. The fourth-order valence-corrected chi connectivity index (χ4v) is 5.00. The SMILES string of the molecule is COc1ccccc1NS(=O)(=O)c1ccc(C)c(C(=O)N2CCN(c3ccccc3)CC2)c1.Cl. The van der Waals surface area contributed by atoms with Crippen LogP contribution in [0.4, 0.5) is 11.4 Å². The number of nitrogens with zero attached hydrogens (tertiary/aromatic N) is 2. The number of ether oxygens (including phenoxy) is 1. The van der Waals surface area contributed by atoms with E-state index in [1.54, 1.807) is 35.2 Å². The highest BCUT2D eigenvalue weighted by Crippen LogP contribution is 2.27. The molecule has 4 rings (SSSR count). The molecule has 0 aliphatic carbocycles. The summed E-state index contributed by atoms with van der Waals surface area (Å²) in [4.78, 5) is 17.3. The van der Waals surface area contributed by atoms with Gasteiger partial charge < -0.3 is 14.5 Å². The number of sulfonamides is 1. The highest BCUT2D eigenvalue weighted by Gasteiger charge is 2.25. The van der Waals surface area contributed by atoms with E-state index in [0.717, 1.165) is 24.3 Å². The largest absolute Gasteiger partial charge is 0.495 e. The van der Waals surface area contributed by atoms with Gasteiger partial charge in [0.2, 0.25) is 0 Å². The average molecular weight is 502 g/mol. The molecule has 1 aliphatic heterocycles. The van der Waals surface area contributed by atoms with Crippen LogP contribution in [0.3, 0.4) is 0 Å². The summed E-state index contributed by atoms with van der Waals surface area (Å²) in [6.45, 7) is 4.41. The zero-order valence-corrected chi connectivity index (χ0v) is 20.7. The maximum absolute atomic E-state index is 13.3. The molecule has 0 unspecified atom stereocenters. The Balaban J connectivity index is 0.00000324. The maximum Gasteiger partial charge on any atom is 0.262 e. The Morgan fingerprint density at radius 1 is 0.912 bits per heavy atom. The van der Waals surface area contributed by atoms with Crippen LogP contribution in [0.2, 0.25) is 0 Å². The Kier molecular flexibility index (Phi) is 8.06. The first-order valence-electron chi connectivity index (χ1n) is 10.7. The number of carbonyl (C=O) groups is 1. The number of piperazine rings is 1. The van der Waals surface area contributed by atoms with Crippen LogP contribution in [-0.2, 0) is 10.0 Å². The van der Waals surface area contributed by atoms with Gasteiger partial charge in [0.05, 0.1) is 17.7 Å². The van der Waals surface area contributed by atoms with Crippen molar-refractivity contribution in [3.63, 3.8) is 0 Å². The molecular weight excluding hydrogens is 474 g/mol. The van der Waals surface area contributed by atoms with E-state index in [0.29, 0.717) is 30.1 Å². The number of hydrogen-bond acceptors (Lipinski definition) is 5. The van der Waals surface area contributed by atoms with E-state index < -0.39 is 10.0 Å². The molecule has 1 N–H and O–H groups in total. The Morgan fingerprint density at radius 3 is 2.24 bits per heavy atom. The Bertz CT molecular complexity index is 1240. The summed E-state index contributed by atoms with van der Waals surface area (Å²) in [5, 5.41) is 0. The van der Waals surface area contributed by atoms with Crippen molar-refractivity contribution < 1.29 is 17.9 Å². The van der Waals surface area contributed by atoms with Crippen molar-refractivity contribution in [2.75, 3.05) is 42.9 Å². The van der Waals surface area contributed by atoms with Gasteiger partial charge >= 0.3 is 0 Å². The second-order valence-electron chi connectivity index (χ2n) is 7.90. The lowest BCUT2D eigenvalue weighted by molar-refractivity contribution is 0.0746. The molecule has 0 radical (unpaired) electrons. The summed E-state index contributed by atoms with van der Waals surface area (Å²) in [6, 6.07) is 21.5. The number of halogens is 1. The van der Waals surface area contributed by atoms with Crippen LogP contribution >= 0.6 is 12.4 Å². The third kappa shape index (κ3) is 5.46. The first-order chi connectivity index (χ1) is 15.9. The summed E-state index contributed by atoms with van der Waals surface area (Å²) >= 11 is 0. The number of amides is 1. The van der Waals surface area contributed by atoms with Crippen molar-refractivity contribution in [1.29, 1.82) is 0 Å². The molecule has 1 fully saturated rings. The molecule has 34 heavy (non-hydrogen) atoms. The quantitative estimate of drug-likeness (QED) is 0.548. The smallest absolute Gasteiger partial charge is 0.262 e. The Hall–Kier alpha value is -3.23. The summed E-state index contributed by atoms with van der Waals surface area (Å²) < 4.78 is 33.9. The van der Waals surface area contributed by atoms with Crippen LogP contribution < -0.4 is 14.4 Å². The van der Waals surface area contributed by atoms with Gasteiger partial charge in [-0.15, -0.1) is 12.4 Å². The number of aryl methyl sites for hydroxylation is 1. The highest BCUT2D eigenvalue weighted by molar-refractivity contribution is 7.92. The van der Waals surface area contributed by atoms with Crippen molar-refractivity contribution in [1.82, 2.24) is 4.90 Å². The van der Waals surface area contributed by atoms with Gasteiger partial charge in [-0.1, -0.05) is 36.4 Å². The van der Waals surface area contributed by atoms with Crippen LogP contribution in [-0.4, -0.2) is 52.5 Å². The normalized spacial score (nSPS) is 13.7. The molecule has 180 valence electrons. The Labute approximate surface area is 206 Å². The molecule has 0 bridgehead atoms. The Morgan fingerprint density at radius 2 is 1.56 bits per heavy atom. The van der Waals surface area contributed by atoms with Gasteiger partial charge in [-0.05, 0) is 48.9 Å². The van der Waals surface area contributed by atoms with Gasteiger partial charge in [-0.3, -0.25) is 9.52 Å². The molecular formula is C25H28ClN3O4S. The second-order valence-corrected chi connectivity index (χ2v) is 9.58. The minimum absolute atomic E-state index is 0. The molecule has 0 aromatic heterocycles. The maximum atomic E-state index is 13.3. The van der Waals surface area contributed by atoms with Crippen molar-refractivity contribution in [2.24, 2.45) is 0 Å². The number of methoxy groups -OCH3 is 1. The zero-order chi connectivity index (χ0) is 23.4. The zero-order valence-electron chi connectivity index (χ0n) is 19.1. The molecule has 3 aromatic carbocycles. The molecule has 0 spiro atoms. The lowest BCUT2D eigenvalue weighted by Crippen LogP contribution is -2.49. The molecule has 3 aromatic rings. The summed E-state index contributed by atoms with van der Waals surface area (Å²) in [5.41, 5.74) is 2.61. The number of benzene rings is 3. The number of para-hydroxylation sites is 3.